The summed E-state index contributed by atoms with van der Waals surface area (Å²) < 4.78 is 0. The van der Waals surface area contributed by atoms with Gasteiger partial charge in [-0.3, -0.25) is 4.79 Å². The number of anilines is 2. The lowest BCUT2D eigenvalue weighted by molar-refractivity contribution is -0.125. The second kappa shape index (κ2) is 5.98. The maximum Gasteiger partial charge on any atom is 0.248 e. The number of aliphatic hydroxyl groups is 1. The molecule has 0 aliphatic rings. The molecule has 104 valence electrons. The Balaban J connectivity index is 2.19. The number of aliphatic hydroxyl groups excluding tert-OH is 1. The van der Waals surface area contributed by atoms with Gasteiger partial charge in [-0.2, -0.15) is 0 Å². The van der Waals surface area contributed by atoms with Crippen molar-refractivity contribution in [1.29, 1.82) is 0 Å². The first kappa shape index (κ1) is 13.8. The standard InChI is InChI=1S/C13H15N5O2/c14-10-6-11(16-7-9(19)12(15)20)18-13(17-10)8-4-2-1-3-5-8/h1-6,9,19H,7H2,(H2,15,20)(H3,14,16,17,18). The monoisotopic (exact) mass is 273 g/mol. The Morgan fingerprint density at radius 1 is 1.30 bits per heavy atom. The number of amides is 1. The smallest absolute Gasteiger partial charge is 0.248 e. The number of primary amides is 1. The van der Waals surface area contributed by atoms with Gasteiger partial charge in [-0.1, -0.05) is 30.3 Å². The molecule has 0 spiro atoms. The number of aromatic nitrogens is 2. The minimum absolute atomic E-state index is 0.0417. The van der Waals surface area contributed by atoms with Gasteiger partial charge < -0.3 is 21.9 Å². The maximum atomic E-state index is 10.8. The molecule has 0 aliphatic carbocycles. The molecule has 0 saturated heterocycles. The van der Waals surface area contributed by atoms with E-state index >= 15 is 0 Å². The average molecular weight is 273 g/mol. The molecule has 7 heteroatoms. The van der Waals surface area contributed by atoms with Crippen molar-refractivity contribution in [1.82, 2.24) is 9.97 Å². The van der Waals surface area contributed by atoms with E-state index in [-0.39, 0.29) is 12.4 Å². The molecule has 0 fully saturated rings. The third kappa shape index (κ3) is 3.42. The Bertz CT molecular complexity index is 603. The van der Waals surface area contributed by atoms with Gasteiger partial charge in [-0.05, 0) is 0 Å². The van der Waals surface area contributed by atoms with E-state index in [1.165, 1.54) is 6.07 Å². The highest BCUT2D eigenvalue weighted by Gasteiger charge is 2.11. The maximum absolute atomic E-state index is 10.8. The molecule has 0 radical (unpaired) electrons. The molecule has 2 rings (SSSR count). The molecule has 1 aromatic carbocycles. The molecular weight excluding hydrogens is 258 g/mol. The summed E-state index contributed by atoms with van der Waals surface area (Å²) in [5.74, 6) is 0.357. The predicted molar refractivity (Wildman–Crippen MR) is 75.6 cm³/mol. The number of hydrogen-bond acceptors (Lipinski definition) is 6. The fraction of sp³-hybridized carbons (Fsp3) is 0.154. The molecular formula is C13H15N5O2. The van der Waals surface area contributed by atoms with Crippen LogP contribution in [0.5, 0.6) is 0 Å². The van der Waals surface area contributed by atoms with Crippen LogP contribution in [0.25, 0.3) is 11.4 Å². The third-order valence-electron chi connectivity index (χ3n) is 2.58. The van der Waals surface area contributed by atoms with Gasteiger partial charge in [-0.15, -0.1) is 0 Å². The minimum atomic E-state index is -1.29. The van der Waals surface area contributed by atoms with Crippen LogP contribution >= 0.6 is 0 Å². The molecule has 0 saturated carbocycles. The van der Waals surface area contributed by atoms with Crippen molar-refractivity contribution < 1.29 is 9.90 Å². The van der Waals surface area contributed by atoms with Gasteiger partial charge >= 0.3 is 0 Å². The van der Waals surface area contributed by atoms with Crippen molar-refractivity contribution in [3.05, 3.63) is 36.4 Å². The van der Waals surface area contributed by atoms with Gasteiger partial charge in [0.25, 0.3) is 0 Å². The molecule has 1 heterocycles. The molecule has 20 heavy (non-hydrogen) atoms. The Kier molecular flexibility index (Phi) is 4.11. The average Bonchev–Trinajstić information content (AvgIpc) is 2.45. The summed E-state index contributed by atoms with van der Waals surface area (Å²) in [6.07, 6.45) is -1.29. The summed E-state index contributed by atoms with van der Waals surface area (Å²) in [6, 6.07) is 10.9. The summed E-state index contributed by atoms with van der Waals surface area (Å²) in [5, 5.41) is 12.1. The highest BCUT2D eigenvalue weighted by atomic mass is 16.3. The van der Waals surface area contributed by atoms with Gasteiger partial charge in [0.1, 0.15) is 17.7 Å². The zero-order chi connectivity index (χ0) is 14.5. The summed E-state index contributed by atoms with van der Waals surface area (Å²) in [4.78, 5) is 19.2. The molecule has 0 aliphatic heterocycles. The number of carbonyl (C=O) groups excluding carboxylic acids is 1. The molecule has 1 amide bonds. The minimum Gasteiger partial charge on any atom is -0.384 e. The molecule has 1 atom stereocenters. The Morgan fingerprint density at radius 2 is 2.00 bits per heavy atom. The lowest BCUT2D eigenvalue weighted by atomic mass is 10.2. The summed E-state index contributed by atoms with van der Waals surface area (Å²) in [7, 11) is 0. The lowest BCUT2D eigenvalue weighted by Crippen LogP contribution is -2.34. The zero-order valence-electron chi connectivity index (χ0n) is 10.7. The Hall–Kier alpha value is -2.67. The quantitative estimate of drug-likeness (QED) is 0.606. The van der Waals surface area contributed by atoms with Crippen LogP contribution < -0.4 is 16.8 Å². The number of nitrogens with one attached hydrogen (secondary N) is 1. The van der Waals surface area contributed by atoms with E-state index in [1.54, 1.807) is 0 Å². The van der Waals surface area contributed by atoms with Crippen molar-refractivity contribution >= 4 is 17.5 Å². The van der Waals surface area contributed by atoms with Crippen LogP contribution in [0.15, 0.2) is 36.4 Å². The highest BCUT2D eigenvalue weighted by molar-refractivity contribution is 5.79. The van der Waals surface area contributed by atoms with Gasteiger partial charge in [0.05, 0.1) is 6.54 Å². The molecule has 0 bridgehead atoms. The highest BCUT2D eigenvalue weighted by Crippen LogP contribution is 2.18. The first-order valence-electron chi connectivity index (χ1n) is 5.97. The van der Waals surface area contributed by atoms with Crippen LogP contribution in [0.2, 0.25) is 0 Å². The van der Waals surface area contributed by atoms with Gasteiger partial charge in [0, 0.05) is 11.6 Å². The van der Waals surface area contributed by atoms with Crippen molar-refractivity contribution in [2.75, 3.05) is 17.6 Å². The van der Waals surface area contributed by atoms with Crippen LogP contribution in [-0.2, 0) is 4.79 Å². The van der Waals surface area contributed by atoms with Crippen LogP contribution in [0.1, 0.15) is 0 Å². The van der Waals surface area contributed by atoms with Crippen LogP contribution in [-0.4, -0.2) is 33.6 Å². The van der Waals surface area contributed by atoms with E-state index in [2.05, 4.69) is 15.3 Å². The summed E-state index contributed by atoms with van der Waals surface area (Å²) in [6.45, 7) is -0.0417. The van der Waals surface area contributed by atoms with E-state index in [1.807, 2.05) is 30.3 Å². The topological polar surface area (TPSA) is 127 Å². The number of carbonyl (C=O) groups is 1. The second-order valence-electron chi connectivity index (χ2n) is 4.17. The number of rotatable bonds is 5. The largest absolute Gasteiger partial charge is 0.384 e. The Morgan fingerprint density at radius 3 is 2.65 bits per heavy atom. The van der Waals surface area contributed by atoms with Crippen LogP contribution in [0.4, 0.5) is 11.6 Å². The molecule has 1 unspecified atom stereocenters. The lowest BCUT2D eigenvalue weighted by Gasteiger charge is -2.10. The zero-order valence-corrected chi connectivity index (χ0v) is 10.7. The molecule has 6 N–H and O–H groups in total. The first-order valence-corrected chi connectivity index (χ1v) is 5.97. The normalized spacial score (nSPS) is 11.8. The second-order valence-corrected chi connectivity index (χ2v) is 4.17. The van der Waals surface area contributed by atoms with Crippen molar-refractivity contribution in [2.24, 2.45) is 5.73 Å². The molecule has 2 aromatic rings. The fourth-order valence-corrected chi connectivity index (χ4v) is 1.57. The summed E-state index contributed by atoms with van der Waals surface area (Å²) in [5.41, 5.74) is 11.5. The molecule has 7 nitrogen and oxygen atoms in total. The van der Waals surface area contributed by atoms with Gasteiger partial charge in [0.2, 0.25) is 5.91 Å². The van der Waals surface area contributed by atoms with E-state index in [9.17, 15) is 9.90 Å². The van der Waals surface area contributed by atoms with E-state index in [0.717, 1.165) is 5.56 Å². The van der Waals surface area contributed by atoms with Crippen molar-refractivity contribution in [3.63, 3.8) is 0 Å². The van der Waals surface area contributed by atoms with E-state index < -0.39 is 12.0 Å². The Labute approximate surface area is 115 Å². The number of hydrogen-bond donors (Lipinski definition) is 4. The van der Waals surface area contributed by atoms with Crippen LogP contribution in [0, 0.1) is 0 Å². The van der Waals surface area contributed by atoms with Crippen molar-refractivity contribution in [3.8, 4) is 11.4 Å². The van der Waals surface area contributed by atoms with Gasteiger partial charge in [-0.25, -0.2) is 9.97 Å². The number of nitrogens with zero attached hydrogens (tertiary/aromatic N) is 2. The number of benzene rings is 1. The van der Waals surface area contributed by atoms with E-state index in [0.29, 0.717) is 11.6 Å². The molecule has 1 aromatic heterocycles. The predicted octanol–water partition coefficient (Wildman–Crippen LogP) is -0.0161. The van der Waals surface area contributed by atoms with E-state index in [4.69, 9.17) is 11.5 Å². The number of nitrogen functional groups attached to an aromatic ring is 1. The summed E-state index contributed by atoms with van der Waals surface area (Å²) >= 11 is 0. The van der Waals surface area contributed by atoms with Crippen molar-refractivity contribution in [2.45, 2.75) is 6.10 Å². The SMILES string of the molecule is NC(=O)C(O)CNc1cc(N)nc(-c2ccccc2)n1. The fourth-order valence-electron chi connectivity index (χ4n) is 1.57. The van der Waals surface area contributed by atoms with Crippen LogP contribution in [0.3, 0.4) is 0 Å². The van der Waals surface area contributed by atoms with Gasteiger partial charge in [0.15, 0.2) is 5.82 Å². The third-order valence-corrected chi connectivity index (χ3v) is 2.58. The first-order chi connectivity index (χ1) is 9.56. The number of nitrogens with two attached hydrogens (primary N) is 2.